The third kappa shape index (κ3) is 5.65. The highest BCUT2D eigenvalue weighted by molar-refractivity contribution is 7.25. The zero-order valence-electron chi connectivity index (χ0n) is 30.1. The van der Waals surface area contributed by atoms with Crippen molar-refractivity contribution in [1.29, 1.82) is 0 Å². The molecule has 0 atom stereocenters. The van der Waals surface area contributed by atoms with Crippen LogP contribution in [0.1, 0.15) is 0 Å². The topological polar surface area (TPSA) is 51.8 Å². The number of furan rings is 1. The first-order valence-corrected chi connectivity index (χ1v) is 19.5. The lowest BCUT2D eigenvalue weighted by molar-refractivity contribution is 0.669. The van der Waals surface area contributed by atoms with E-state index >= 15 is 0 Å². The van der Waals surface area contributed by atoms with Crippen molar-refractivity contribution >= 4 is 53.4 Å². The van der Waals surface area contributed by atoms with Crippen molar-refractivity contribution in [2.45, 2.75) is 0 Å². The molecule has 0 aliphatic heterocycles. The van der Waals surface area contributed by atoms with Gasteiger partial charge in [0, 0.05) is 47.6 Å². The minimum atomic E-state index is 0.596. The molecule has 262 valence electrons. The van der Waals surface area contributed by atoms with Crippen molar-refractivity contribution < 1.29 is 4.42 Å². The average molecular weight is 734 g/mol. The molecule has 0 unspecified atom stereocenters. The fraction of sp³-hybridized carbons (Fsp3) is 0. The first-order chi connectivity index (χ1) is 27.7. The molecule has 0 bridgehead atoms. The van der Waals surface area contributed by atoms with Gasteiger partial charge in [0.1, 0.15) is 11.2 Å². The van der Waals surface area contributed by atoms with Gasteiger partial charge in [0.2, 0.25) is 0 Å². The Bertz CT molecular complexity index is 3240. The molecule has 0 radical (unpaired) electrons. The maximum Gasteiger partial charge on any atom is 0.164 e. The minimum absolute atomic E-state index is 0.596. The normalized spacial score (nSPS) is 11.6. The Labute approximate surface area is 327 Å². The molecule has 11 aromatic rings. The summed E-state index contributed by atoms with van der Waals surface area (Å²) in [5.74, 6) is 1.83. The Kier molecular flexibility index (Phi) is 7.64. The number of hydrogen-bond acceptors (Lipinski definition) is 5. The van der Waals surface area contributed by atoms with Crippen LogP contribution in [0.5, 0.6) is 0 Å². The van der Waals surface area contributed by atoms with Gasteiger partial charge in [-0.05, 0) is 69.8 Å². The van der Waals surface area contributed by atoms with Gasteiger partial charge in [-0.15, -0.1) is 11.3 Å². The van der Waals surface area contributed by atoms with E-state index in [0.717, 1.165) is 55.3 Å². The molecular formula is C51H31N3OS. The summed E-state index contributed by atoms with van der Waals surface area (Å²) < 4.78 is 9.09. The van der Waals surface area contributed by atoms with E-state index < -0.39 is 0 Å². The number of rotatable bonds is 6. The number of hydrogen-bond donors (Lipinski definition) is 0. The molecule has 0 N–H and O–H groups in total. The second-order valence-corrected chi connectivity index (χ2v) is 15.1. The highest BCUT2D eigenvalue weighted by atomic mass is 32.1. The Hall–Kier alpha value is -7.21. The third-order valence-corrected chi connectivity index (χ3v) is 11.7. The predicted molar refractivity (Wildman–Crippen MR) is 233 cm³/mol. The molecule has 56 heavy (non-hydrogen) atoms. The Morgan fingerprint density at radius 2 is 0.857 bits per heavy atom. The molecule has 0 saturated heterocycles. The first-order valence-electron chi connectivity index (χ1n) is 18.7. The van der Waals surface area contributed by atoms with Crippen LogP contribution in [0.3, 0.4) is 0 Å². The predicted octanol–water partition coefficient (Wildman–Crippen LogP) is 14.1. The summed E-state index contributed by atoms with van der Waals surface area (Å²) in [4.78, 5) is 15.2. The zero-order valence-corrected chi connectivity index (χ0v) is 30.9. The van der Waals surface area contributed by atoms with Crippen LogP contribution in [0, 0.1) is 0 Å². The van der Waals surface area contributed by atoms with Crippen LogP contribution < -0.4 is 0 Å². The smallest absolute Gasteiger partial charge is 0.164 e. The summed E-state index contributed by atoms with van der Waals surface area (Å²) in [6.07, 6.45) is 0. The quantitative estimate of drug-likeness (QED) is 0.171. The van der Waals surface area contributed by atoms with Crippen LogP contribution in [0.15, 0.2) is 192 Å². The molecule has 3 aromatic heterocycles. The van der Waals surface area contributed by atoms with Gasteiger partial charge < -0.3 is 4.42 Å². The maximum absolute atomic E-state index is 6.48. The number of nitrogens with zero attached hydrogens (tertiary/aromatic N) is 3. The molecule has 5 heteroatoms. The Morgan fingerprint density at radius 3 is 1.64 bits per heavy atom. The second-order valence-electron chi connectivity index (χ2n) is 14.0. The van der Waals surface area contributed by atoms with Crippen molar-refractivity contribution in [1.82, 2.24) is 15.0 Å². The summed E-state index contributed by atoms with van der Waals surface area (Å²) in [5.41, 5.74) is 11.3. The van der Waals surface area contributed by atoms with Gasteiger partial charge in [-0.3, -0.25) is 0 Å². The molecule has 3 heterocycles. The molecule has 0 spiro atoms. The van der Waals surface area contributed by atoms with E-state index in [0.29, 0.717) is 17.5 Å². The third-order valence-electron chi connectivity index (χ3n) is 10.6. The van der Waals surface area contributed by atoms with Crippen LogP contribution in [0.4, 0.5) is 0 Å². The number of aromatic nitrogens is 3. The summed E-state index contributed by atoms with van der Waals surface area (Å²) in [6.45, 7) is 0. The second kappa shape index (κ2) is 13.3. The van der Waals surface area contributed by atoms with Gasteiger partial charge in [-0.2, -0.15) is 0 Å². The number of fused-ring (bicyclic) bond motifs is 6. The molecule has 4 nitrogen and oxygen atoms in total. The summed E-state index contributed by atoms with van der Waals surface area (Å²) in [5, 5.41) is 4.61. The van der Waals surface area contributed by atoms with E-state index in [4.69, 9.17) is 19.4 Å². The van der Waals surface area contributed by atoms with Crippen molar-refractivity contribution in [3.05, 3.63) is 188 Å². The first kappa shape index (κ1) is 32.2. The Balaban J connectivity index is 1.02. The lowest BCUT2D eigenvalue weighted by atomic mass is 9.97. The molecule has 0 aliphatic carbocycles. The van der Waals surface area contributed by atoms with Crippen LogP contribution in [-0.4, -0.2) is 15.0 Å². The summed E-state index contributed by atoms with van der Waals surface area (Å²) >= 11 is 1.85. The van der Waals surface area contributed by atoms with E-state index in [1.54, 1.807) is 0 Å². The zero-order chi connectivity index (χ0) is 37.0. The van der Waals surface area contributed by atoms with Crippen molar-refractivity contribution in [3.63, 3.8) is 0 Å². The SMILES string of the molecule is c1ccc(-c2ccc(-c3nc(-c4ccccc4)nc(-c4cccc5oc6ccc(-c7cccc(-c8ccc9c(c8)sc8ccccc89)c7)cc6c45)n3)cc2)cc1. The maximum atomic E-state index is 6.48. The highest BCUT2D eigenvalue weighted by Crippen LogP contribution is 2.40. The van der Waals surface area contributed by atoms with Gasteiger partial charge in [0.25, 0.3) is 0 Å². The molecule has 0 aliphatic rings. The van der Waals surface area contributed by atoms with E-state index in [-0.39, 0.29) is 0 Å². The van der Waals surface area contributed by atoms with Crippen LogP contribution in [0.2, 0.25) is 0 Å². The van der Waals surface area contributed by atoms with Crippen molar-refractivity contribution in [3.8, 4) is 67.5 Å². The standard InChI is InChI=1S/C51H31N3OS/c1-3-11-32(12-4-1)33-21-23-35(24-22-33)50-52-49(34-13-5-2-6-14-34)53-51(54-50)42-18-10-19-45-48(42)43-30-38(26-28-44(43)55-45)36-15-9-16-37(29-36)39-25-27-41-40-17-7-8-20-46(40)56-47(41)31-39/h1-31H. The molecule has 0 amide bonds. The summed E-state index contributed by atoms with van der Waals surface area (Å²) in [6, 6.07) is 65.8. The van der Waals surface area contributed by atoms with Crippen molar-refractivity contribution in [2.24, 2.45) is 0 Å². The number of benzene rings is 8. The largest absolute Gasteiger partial charge is 0.456 e. The van der Waals surface area contributed by atoms with Gasteiger partial charge >= 0.3 is 0 Å². The monoisotopic (exact) mass is 733 g/mol. The molecule has 0 fully saturated rings. The summed E-state index contributed by atoms with van der Waals surface area (Å²) in [7, 11) is 0. The Morgan fingerprint density at radius 1 is 0.321 bits per heavy atom. The number of thiophene rings is 1. The highest BCUT2D eigenvalue weighted by Gasteiger charge is 2.19. The van der Waals surface area contributed by atoms with E-state index in [9.17, 15) is 0 Å². The van der Waals surface area contributed by atoms with E-state index in [1.165, 1.54) is 36.9 Å². The lowest BCUT2D eigenvalue weighted by Gasteiger charge is -2.10. The van der Waals surface area contributed by atoms with Gasteiger partial charge in [-0.25, -0.2) is 15.0 Å². The molecule has 11 rings (SSSR count). The molecule has 0 saturated carbocycles. The van der Waals surface area contributed by atoms with E-state index in [1.807, 2.05) is 59.9 Å². The molecular weight excluding hydrogens is 703 g/mol. The minimum Gasteiger partial charge on any atom is -0.456 e. The van der Waals surface area contributed by atoms with Gasteiger partial charge in [-0.1, -0.05) is 152 Å². The lowest BCUT2D eigenvalue weighted by Crippen LogP contribution is -2.00. The van der Waals surface area contributed by atoms with Gasteiger partial charge in [0.15, 0.2) is 17.5 Å². The van der Waals surface area contributed by atoms with Crippen molar-refractivity contribution in [2.75, 3.05) is 0 Å². The average Bonchev–Trinajstić information content (AvgIpc) is 3.85. The fourth-order valence-electron chi connectivity index (χ4n) is 7.76. The van der Waals surface area contributed by atoms with Crippen LogP contribution in [-0.2, 0) is 0 Å². The van der Waals surface area contributed by atoms with E-state index in [2.05, 4.69) is 140 Å². The molecule has 8 aromatic carbocycles. The van der Waals surface area contributed by atoms with Gasteiger partial charge in [0.05, 0.1) is 0 Å². The van der Waals surface area contributed by atoms with Crippen LogP contribution >= 0.6 is 11.3 Å². The fourth-order valence-corrected chi connectivity index (χ4v) is 8.91. The van der Waals surface area contributed by atoms with Crippen LogP contribution in [0.25, 0.3) is 110 Å².